The predicted octanol–water partition coefficient (Wildman–Crippen LogP) is 2.38. The Morgan fingerprint density at radius 3 is 2.62 bits per heavy atom. The molecule has 1 fully saturated rings. The van der Waals surface area contributed by atoms with Crippen molar-refractivity contribution in [2.75, 3.05) is 30.0 Å². The number of hydrogen-bond acceptors (Lipinski definition) is 4. The van der Waals surface area contributed by atoms with Gasteiger partial charge in [-0.3, -0.25) is 4.79 Å². The van der Waals surface area contributed by atoms with E-state index in [1.165, 1.54) is 0 Å². The Balaban J connectivity index is 1.36. The van der Waals surface area contributed by atoms with Crippen molar-refractivity contribution in [1.82, 2.24) is 5.32 Å². The molecule has 0 bridgehead atoms. The highest BCUT2D eigenvalue weighted by molar-refractivity contribution is 5.97. The first-order valence-corrected chi connectivity index (χ1v) is 8.51. The summed E-state index contributed by atoms with van der Waals surface area (Å²) < 4.78 is 11.0. The lowest BCUT2D eigenvalue weighted by molar-refractivity contribution is -0.117. The molecule has 2 aliphatic rings. The molecule has 2 aromatic rings. The van der Waals surface area contributed by atoms with Crippen molar-refractivity contribution >= 4 is 23.3 Å². The SMILES string of the molecule is O=C(Nc1ccc2c(c1)OCCO2)NC1CC(=O)N(c2ccccc2)C1. The summed E-state index contributed by atoms with van der Waals surface area (Å²) in [7, 11) is 0. The van der Waals surface area contributed by atoms with E-state index in [9.17, 15) is 9.59 Å². The van der Waals surface area contributed by atoms with Crippen LogP contribution in [0.2, 0.25) is 0 Å². The standard InChI is InChI=1S/C19H19N3O4/c23-18-11-14(12-22(18)15-4-2-1-3-5-15)21-19(24)20-13-6-7-16-17(10-13)26-9-8-25-16/h1-7,10,14H,8-9,11-12H2,(H2,20,21,24). The molecule has 1 unspecified atom stereocenters. The fourth-order valence-corrected chi connectivity index (χ4v) is 3.14. The number of fused-ring (bicyclic) bond motifs is 1. The average molecular weight is 353 g/mol. The maximum Gasteiger partial charge on any atom is 0.319 e. The molecular formula is C19H19N3O4. The fourth-order valence-electron chi connectivity index (χ4n) is 3.14. The molecule has 4 rings (SSSR count). The van der Waals surface area contributed by atoms with Gasteiger partial charge >= 0.3 is 6.03 Å². The first-order valence-electron chi connectivity index (χ1n) is 8.51. The minimum atomic E-state index is -0.352. The first-order chi connectivity index (χ1) is 12.7. The molecule has 0 aliphatic carbocycles. The van der Waals surface area contributed by atoms with Gasteiger partial charge in [0.15, 0.2) is 11.5 Å². The number of ether oxygens (including phenoxy) is 2. The lowest BCUT2D eigenvalue weighted by Crippen LogP contribution is -2.39. The van der Waals surface area contributed by atoms with Gasteiger partial charge in [0.1, 0.15) is 13.2 Å². The molecule has 0 aromatic heterocycles. The maximum absolute atomic E-state index is 12.3. The summed E-state index contributed by atoms with van der Waals surface area (Å²) in [5.74, 6) is 1.28. The Labute approximate surface area is 150 Å². The molecule has 2 heterocycles. The highest BCUT2D eigenvalue weighted by Gasteiger charge is 2.31. The Morgan fingerprint density at radius 1 is 1.04 bits per heavy atom. The average Bonchev–Trinajstić information content (AvgIpc) is 3.02. The zero-order chi connectivity index (χ0) is 17.9. The summed E-state index contributed by atoms with van der Waals surface area (Å²) in [6.07, 6.45) is 0.281. The number of anilines is 2. The Bertz CT molecular complexity index is 825. The van der Waals surface area contributed by atoms with Crippen molar-refractivity contribution in [3.05, 3.63) is 48.5 Å². The van der Waals surface area contributed by atoms with Gasteiger partial charge < -0.3 is 25.0 Å². The van der Waals surface area contributed by atoms with Crippen molar-refractivity contribution in [1.29, 1.82) is 0 Å². The molecule has 3 amide bonds. The molecule has 2 N–H and O–H groups in total. The normalized spacial score (nSPS) is 18.5. The number of hydrogen-bond donors (Lipinski definition) is 2. The number of nitrogens with zero attached hydrogens (tertiary/aromatic N) is 1. The maximum atomic E-state index is 12.3. The summed E-state index contributed by atoms with van der Waals surface area (Å²) in [6, 6.07) is 14.1. The van der Waals surface area contributed by atoms with E-state index in [1.54, 1.807) is 23.1 Å². The molecule has 0 radical (unpaired) electrons. The van der Waals surface area contributed by atoms with Crippen molar-refractivity contribution in [2.24, 2.45) is 0 Å². The topological polar surface area (TPSA) is 79.9 Å². The zero-order valence-corrected chi connectivity index (χ0v) is 14.1. The molecule has 1 saturated heterocycles. The van der Waals surface area contributed by atoms with Gasteiger partial charge in [0.25, 0.3) is 0 Å². The van der Waals surface area contributed by atoms with Crippen LogP contribution in [-0.4, -0.2) is 37.7 Å². The van der Waals surface area contributed by atoms with E-state index >= 15 is 0 Å². The third-order valence-corrected chi connectivity index (χ3v) is 4.33. The third kappa shape index (κ3) is 3.42. The van der Waals surface area contributed by atoms with E-state index in [0.29, 0.717) is 36.9 Å². The van der Waals surface area contributed by atoms with Crippen LogP contribution < -0.4 is 25.0 Å². The van der Waals surface area contributed by atoms with Crippen molar-refractivity contribution in [2.45, 2.75) is 12.5 Å². The van der Waals surface area contributed by atoms with Gasteiger partial charge in [-0.15, -0.1) is 0 Å². The minimum absolute atomic E-state index is 0.000768. The number of amides is 3. The largest absolute Gasteiger partial charge is 0.486 e. The first kappa shape index (κ1) is 16.3. The predicted molar refractivity (Wildman–Crippen MR) is 96.8 cm³/mol. The van der Waals surface area contributed by atoms with E-state index in [-0.39, 0.29) is 24.4 Å². The summed E-state index contributed by atoms with van der Waals surface area (Å²) in [6.45, 7) is 1.47. The molecule has 7 nitrogen and oxygen atoms in total. The van der Waals surface area contributed by atoms with Gasteiger partial charge in [-0.2, -0.15) is 0 Å². The minimum Gasteiger partial charge on any atom is -0.486 e. The van der Waals surface area contributed by atoms with E-state index in [4.69, 9.17) is 9.47 Å². The van der Waals surface area contributed by atoms with Crippen LogP contribution in [0.3, 0.4) is 0 Å². The number of benzene rings is 2. The van der Waals surface area contributed by atoms with Crippen LogP contribution in [0.25, 0.3) is 0 Å². The van der Waals surface area contributed by atoms with Gasteiger partial charge in [0.05, 0.1) is 6.04 Å². The van der Waals surface area contributed by atoms with E-state index in [1.807, 2.05) is 30.3 Å². The van der Waals surface area contributed by atoms with Crippen LogP contribution in [0, 0.1) is 0 Å². The number of carbonyl (C=O) groups excluding carboxylic acids is 2. The van der Waals surface area contributed by atoms with Gasteiger partial charge in [0, 0.05) is 30.4 Å². The molecule has 1 atom stereocenters. The number of para-hydroxylation sites is 1. The van der Waals surface area contributed by atoms with E-state index in [2.05, 4.69) is 10.6 Å². The summed E-state index contributed by atoms with van der Waals surface area (Å²) in [5.41, 5.74) is 1.45. The molecule has 26 heavy (non-hydrogen) atoms. The zero-order valence-electron chi connectivity index (χ0n) is 14.1. The van der Waals surface area contributed by atoms with Crippen molar-refractivity contribution < 1.29 is 19.1 Å². The third-order valence-electron chi connectivity index (χ3n) is 4.33. The lowest BCUT2D eigenvalue weighted by atomic mass is 10.2. The van der Waals surface area contributed by atoms with Crippen molar-refractivity contribution in [3.8, 4) is 11.5 Å². The van der Waals surface area contributed by atoms with E-state index in [0.717, 1.165) is 5.69 Å². The number of carbonyl (C=O) groups is 2. The molecule has 0 saturated carbocycles. The Hall–Kier alpha value is -3.22. The lowest BCUT2D eigenvalue weighted by Gasteiger charge is -2.19. The Kier molecular flexibility index (Phi) is 4.35. The number of urea groups is 1. The fraction of sp³-hybridized carbons (Fsp3) is 0.263. The van der Waals surface area contributed by atoms with Crippen LogP contribution in [-0.2, 0) is 4.79 Å². The second-order valence-corrected chi connectivity index (χ2v) is 6.20. The summed E-state index contributed by atoms with van der Waals surface area (Å²) in [4.78, 5) is 26.2. The highest BCUT2D eigenvalue weighted by Crippen LogP contribution is 2.32. The summed E-state index contributed by atoms with van der Waals surface area (Å²) in [5, 5.41) is 5.63. The molecule has 2 aromatic carbocycles. The molecular weight excluding hydrogens is 334 g/mol. The number of rotatable bonds is 3. The van der Waals surface area contributed by atoms with Crippen LogP contribution in [0.15, 0.2) is 48.5 Å². The quantitative estimate of drug-likeness (QED) is 0.888. The molecule has 0 spiro atoms. The van der Waals surface area contributed by atoms with Gasteiger partial charge in [-0.05, 0) is 24.3 Å². The Morgan fingerprint density at radius 2 is 1.81 bits per heavy atom. The van der Waals surface area contributed by atoms with Crippen LogP contribution in [0.5, 0.6) is 11.5 Å². The van der Waals surface area contributed by atoms with Crippen molar-refractivity contribution in [3.63, 3.8) is 0 Å². The molecule has 2 aliphatic heterocycles. The van der Waals surface area contributed by atoms with Gasteiger partial charge in [-0.1, -0.05) is 18.2 Å². The second kappa shape index (κ2) is 6.95. The van der Waals surface area contributed by atoms with Gasteiger partial charge in [-0.25, -0.2) is 4.79 Å². The van der Waals surface area contributed by atoms with Crippen LogP contribution in [0.1, 0.15) is 6.42 Å². The smallest absolute Gasteiger partial charge is 0.319 e. The molecule has 7 heteroatoms. The highest BCUT2D eigenvalue weighted by atomic mass is 16.6. The number of nitrogens with one attached hydrogen (secondary N) is 2. The molecule has 134 valence electrons. The van der Waals surface area contributed by atoms with Crippen LogP contribution in [0.4, 0.5) is 16.2 Å². The second-order valence-electron chi connectivity index (χ2n) is 6.20. The van der Waals surface area contributed by atoms with E-state index < -0.39 is 0 Å². The van der Waals surface area contributed by atoms with Gasteiger partial charge in [0.2, 0.25) is 5.91 Å². The van der Waals surface area contributed by atoms with Crippen LogP contribution >= 0.6 is 0 Å². The monoisotopic (exact) mass is 353 g/mol. The summed E-state index contributed by atoms with van der Waals surface area (Å²) >= 11 is 0.